The molecule has 1 amide bonds. The number of morpholine rings is 1. The maximum absolute atomic E-state index is 13.0. The van der Waals surface area contributed by atoms with Crippen molar-refractivity contribution in [2.24, 2.45) is 0 Å². The Labute approximate surface area is 154 Å². The van der Waals surface area contributed by atoms with Gasteiger partial charge in [0.05, 0.1) is 20.3 Å². The first-order valence-corrected chi connectivity index (χ1v) is 9.13. The molecular formula is C21H27N2O3+. The second-order valence-electron chi connectivity index (χ2n) is 6.52. The van der Waals surface area contributed by atoms with Crippen LogP contribution in [0.15, 0.2) is 54.6 Å². The Bertz CT molecular complexity index is 682. The molecule has 3 rings (SSSR count). The van der Waals surface area contributed by atoms with Gasteiger partial charge in [0.1, 0.15) is 12.3 Å². The van der Waals surface area contributed by atoms with Crippen LogP contribution >= 0.6 is 0 Å². The molecule has 1 aliphatic heterocycles. The summed E-state index contributed by atoms with van der Waals surface area (Å²) in [4.78, 5) is 15.0. The van der Waals surface area contributed by atoms with Gasteiger partial charge >= 0.3 is 0 Å². The third-order valence-corrected chi connectivity index (χ3v) is 4.74. The van der Waals surface area contributed by atoms with E-state index in [1.807, 2.05) is 47.4 Å². The summed E-state index contributed by atoms with van der Waals surface area (Å²) in [5, 5.41) is 2.15. The fraction of sp³-hybridized carbons (Fsp3) is 0.381. The van der Waals surface area contributed by atoms with Crippen molar-refractivity contribution in [3.05, 3.63) is 65.7 Å². The Morgan fingerprint density at radius 1 is 1.08 bits per heavy atom. The van der Waals surface area contributed by atoms with Crippen LogP contribution < -0.4 is 10.1 Å². The van der Waals surface area contributed by atoms with Crippen LogP contribution in [0.25, 0.3) is 0 Å². The number of methoxy groups -OCH3 is 1. The van der Waals surface area contributed by atoms with Crippen molar-refractivity contribution < 1.29 is 19.6 Å². The lowest BCUT2D eigenvalue weighted by molar-refractivity contribution is -0.692. The maximum Gasteiger partial charge on any atom is 0.281 e. The number of nitrogens with zero attached hydrogens (tertiary/aromatic N) is 1. The van der Waals surface area contributed by atoms with Crippen molar-refractivity contribution >= 4 is 5.91 Å². The first-order valence-electron chi connectivity index (χ1n) is 9.13. The van der Waals surface area contributed by atoms with Crippen molar-refractivity contribution in [3.8, 4) is 5.75 Å². The first kappa shape index (κ1) is 18.4. The summed E-state index contributed by atoms with van der Waals surface area (Å²) in [5.74, 6) is 1.05. The summed E-state index contributed by atoms with van der Waals surface area (Å²) >= 11 is 0. The highest BCUT2D eigenvalue weighted by Gasteiger charge is 2.28. The summed E-state index contributed by atoms with van der Waals surface area (Å²) in [6, 6.07) is 18.1. The minimum Gasteiger partial charge on any atom is -0.497 e. The van der Waals surface area contributed by atoms with Crippen LogP contribution in [0.2, 0.25) is 0 Å². The molecule has 1 aliphatic rings. The lowest BCUT2D eigenvalue weighted by Crippen LogP contribution is -2.92. The fourth-order valence-corrected chi connectivity index (χ4v) is 3.20. The monoisotopic (exact) mass is 355 g/mol. The zero-order valence-electron chi connectivity index (χ0n) is 15.3. The highest BCUT2D eigenvalue weighted by molar-refractivity contribution is 5.80. The molecule has 1 fully saturated rings. The van der Waals surface area contributed by atoms with Gasteiger partial charge in [0.2, 0.25) is 0 Å². The molecule has 2 N–H and O–H groups in total. The Balaban J connectivity index is 1.67. The van der Waals surface area contributed by atoms with Crippen molar-refractivity contribution in [3.63, 3.8) is 0 Å². The molecule has 0 radical (unpaired) electrons. The van der Waals surface area contributed by atoms with Gasteiger partial charge in [-0.25, -0.2) is 0 Å². The smallest absolute Gasteiger partial charge is 0.281 e. The fourth-order valence-electron chi connectivity index (χ4n) is 3.20. The summed E-state index contributed by atoms with van der Waals surface area (Å²) < 4.78 is 10.6. The van der Waals surface area contributed by atoms with Gasteiger partial charge < -0.3 is 19.7 Å². The molecule has 0 aliphatic carbocycles. The quantitative estimate of drug-likeness (QED) is 0.813. The second-order valence-corrected chi connectivity index (χ2v) is 6.52. The predicted octanol–water partition coefficient (Wildman–Crippen LogP) is 1.23. The third kappa shape index (κ3) is 5.07. The molecule has 1 heterocycles. The molecule has 5 heteroatoms. The van der Waals surface area contributed by atoms with Crippen LogP contribution in [-0.4, -0.2) is 50.3 Å². The van der Waals surface area contributed by atoms with E-state index in [0.29, 0.717) is 26.3 Å². The van der Waals surface area contributed by atoms with E-state index in [0.717, 1.165) is 18.7 Å². The average molecular weight is 355 g/mol. The molecule has 1 saturated heterocycles. The van der Waals surface area contributed by atoms with Crippen LogP contribution in [0.3, 0.4) is 0 Å². The van der Waals surface area contributed by atoms with Gasteiger partial charge in [0.25, 0.3) is 5.91 Å². The highest BCUT2D eigenvalue weighted by Crippen LogP contribution is 2.11. The topological polar surface area (TPSA) is 55.4 Å². The Morgan fingerprint density at radius 3 is 2.42 bits per heavy atom. The molecule has 5 nitrogen and oxygen atoms in total. The molecule has 1 atom stereocenters. The lowest BCUT2D eigenvalue weighted by Gasteiger charge is -2.29. The Kier molecular flexibility index (Phi) is 6.63. The zero-order valence-corrected chi connectivity index (χ0v) is 15.3. The number of nitrogens with two attached hydrogens (primary N) is 1. The van der Waals surface area contributed by atoms with Gasteiger partial charge in [-0.15, -0.1) is 0 Å². The van der Waals surface area contributed by atoms with Crippen molar-refractivity contribution in [2.75, 3.05) is 33.4 Å². The van der Waals surface area contributed by atoms with E-state index in [1.165, 1.54) is 11.1 Å². The largest absolute Gasteiger partial charge is 0.497 e. The van der Waals surface area contributed by atoms with Crippen molar-refractivity contribution in [2.45, 2.75) is 19.0 Å². The van der Waals surface area contributed by atoms with Gasteiger partial charge in [-0.3, -0.25) is 4.79 Å². The highest BCUT2D eigenvalue weighted by atomic mass is 16.5. The van der Waals surface area contributed by atoms with E-state index >= 15 is 0 Å². The molecule has 0 spiro atoms. The van der Waals surface area contributed by atoms with E-state index in [9.17, 15) is 4.79 Å². The van der Waals surface area contributed by atoms with Crippen LogP contribution in [0.5, 0.6) is 5.75 Å². The number of quaternary nitrogens is 1. The van der Waals surface area contributed by atoms with Gasteiger partial charge in [0, 0.05) is 25.1 Å². The molecule has 0 bridgehead atoms. The summed E-state index contributed by atoms with van der Waals surface area (Å²) in [7, 11) is 1.66. The van der Waals surface area contributed by atoms with Crippen LogP contribution in [-0.2, 0) is 22.5 Å². The van der Waals surface area contributed by atoms with E-state index in [1.54, 1.807) is 7.11 Å². The predicted molar refractivity (Wildman–Crippen MR) is 100.0 cm³/mol. The molecule has 0 unspecified atom stereocenters. The summed E-state index contributed by atoms with van der Waals surface area (Å²) in [6.45, 7) is 3.38. The maximum atomic E-state index is 13.0. The van der Waals surface area contributed by atoms with Gasteiger partial charge in [-0.1, -0.05) is 30.3 Å². The number of benzene rings is 2. The van der Waals surface area contributed by atoms with Gasteiger partial charge in [-0.2, -0.15) is 0 Å². The van der Waals surface area contributed by atoms with Crippen LogP contribution in [0.1, 0.15) is 11.1 Å². The Morgan fingerprint density at radius 2 is 1.77 bits per heavy atom. The number of hydrogen-bond donors (Lipinski definition) is 1. The minimum absolute atomic E-state index is 0.127. The number of ether oxygens (including phenoxy) is 2. The summed E-state index contributed by atoms with van der Waals surface area (Å²) in [6.07, 6.45) is 0.729. The molecule has 0 aromatic heterocycles. The number of amides is 1. The minimum atomic E-state index is -0.127. The van der Waals surface area contributed by atoms with Gasteiger partial charge in [0.15, 0.2) is 6.04 Å². The number of hydrogen-bond acceptors (Lipinski definition) is 3. The van der Waals surface area contributed by atoms with E-state index < -0.39 is 0 Å². The van der Waals surface area contributed by atoms with E-state index in [-0.39, 0.29) is 11.9 Å². The van der Waals surface area contributed by atoms with Crippen LogP contribution in [0, 0.1) is 0 Å². The lowest BCUT2D eigenvalue weighted by atomic mass is 10.0. The van der Waals surface area contributed by atoms with E-state index in [2.05, 4.69) is 17.4 Å². The summed E-state index contributed by atoms with van der Waals surface area (Å²) in [5.41, 5.74) is 2.36. The van der Waals surface area contributed by atoms with Gasteiger partial charge in [-0.05, 0) is 29.8 Å². The SMILES string of the molecule is COc1ccc(C[NH2+][C@@H](Cc2ccccc2)C(=O)N2CCOCC2)cc1. The number of rotatable bonds is 7. The number of carbonyl (C=O) groups excluding carboxylic acids is 1. The van der Waals surface area contributed by atoms with Crippen LogP contribution in [0.4, 0.5) is 0 Å². The second kappa shape index (κ2) is 9.36. The van der Waals surface area contributed by atoms with E-state index in [4.69, 9.17) is 9.47 Å². The molecule has 0 saturated carbocycles. The standard InChI is InChI=1S/C21H26N2O3/c1-25-19-9-7-18(8-10-19)16-22-20(15-17-5-3-2-4-6-17)21(24)23-11-13-26-14-12-23/h2-10,20,22H,11-16H2,1H3/p+1/t20-/m0/s1. The molecule has 2 aromatic carbocycles. The third-order valence-electron chi connectivity index (χ3n) is 4.74. The molecule has 138 valence electrons. The van der Waals surface area contributed by atoms with Crippen molar-refractivity contribution in [1.82, 2.24) is 4.90 Å². The molecule has 26 heavy (non-hydrogen) atoms. The first-order chi connectivity index (χ1) is 12.8. The normalized spacial score (nSPS) is 15.5. The molecule has 2 aromatic rings. The number of carbonyl (C=O) groups is 1. The van der Waals surface area contributed by atoms with Crippen molar-refractivity contribution in [1.29, 1.82) is 0 Å². The zero-order chi connectivity index (χ0) is 18.2. The Hall–Kier alpha value is -2.37. The average Bonchev–Trinajstić information content (AvgIpc) is 2.72. The molecular weight excluding hydrogens is 328 g/mol.